The fourth-order valence-corrected chi connectivity index (χ4v) is 4.83. The van der Waals surface area contributed by atoms with Crippen LogP contribution in [0.4, 0.5) is 0 Å². The second-order valence-corrected chi connectivity index (χ2v) is 10.2. The molecule has 20 heteroatoms. The fraction of sp³-hybridized carbons (Fsp3) is 0. The molecule has 2 heterocycles. The van der Waals surface area contributed by atoms with Gasteiger partial charge in [0, 0.05) is 35.9 Å². The number of hydrogen-bond acceptors (Lipinski definition) is 14. The van der Waals surface area contributed by atoms with E-state index in [9.17, 15) is 51.9 Å². The van der Waals surface area contributed by atoms with Gasteiger partial charge in [-0.1, -0.05) is 0 Å². The van der Waals surface area contributed by atoms with E-state index in [0.717, 1.165) is 0 Å². The summed E-state index contributed by atoms with van der Waals surface area (Å²) in [5, 5.41) is 0. The van der Waals surface area contributed by atoms with E-state index in [2.05, 4.69) is 9.97 Å². The van der Waals surface area contributed by atoms with Crippen LogP contribution in [0.5, 0.6) is 0 Å². The van der Waals surface area contributed by atoms with Crippen LogP contribution in [0.1, 0.15) is 0 Å². The van der Waals surface area contributed by atoms with Gasteiger partial charge in [0.25, 0.3) is 0 Å². The van der Waals surface area contributed by atoms with E-state index in [1.807, 2.05) is 0 Å². The molecule has 2 rings (SSSR count). The van der Waals surface area contributed by atoms with Crippen LogP contribution in [-0.4, -0.2) is 160 Å². The van der Waals surface area contributed by atoms with Gasteiger partial charge in [0.2, 0.25) is 0 Å². The van der Waals surface area contributed by atoms with Crippen molar-refractivity contribution in [2.24, 2.45) is 0 Å². The van der Waals surface area contributed by atoms with E-state index in [-0.39, 0.29) is 123 Å². The van der Waals surface area contributed by atoms with Crippen molar-refractivity contribution in [3.8, 4) is 11.1 Å². The van der Waals surface area contributed by atoms with E-state index < -0.39 is 71.2 Å². The Morgan fingerprint density at radius 1 is 0.467 bits per heavy atom. The minimum Gasteiger partial charge on any atom is -0.744 e. The van der Waals surface area contributed by atoms with Gasteiger partial charge in [-0.25, -0.2) is 33.7 Å². The van der Waals surface area contributed by atoms with Crippen molar-refractivity contribution in [1.29, 1.82) is 0 Å². The van der Waals surface area contributed by atoms with Crippen LogP contribution in [0.3, 0.4) is 0 Å². The Morgan fingerprint density at radius 2 is 0.633 bits per heavy atom. The Balaban J connectivity index is 0.00000420. The summed E-state index contributed by atoms with van der Waals surface area (Å²) in [5.41, 5.74) is -3.21. The molecule has 0 aliphatic rings. The zero-order valence-corrected chi connectivity index (χ0v) is 26.3. The summed E-state index contributed by atoms with van der Waals surface area (Å²) in [6.45, 7) is 0. The van der Waals surface area contributed by atoms with E-state index in [4.69, 9.17) is 0 Å². The molecule has 30 heavy (non-hydrogen) atoms. The van der Waals surface area contributed by atoms with Crippen LogP contribution in [-0.2, 0) is 40.5 Å². The molecule has 0 unspecified atom stereocenters. The average molecular weight is 747 g/mol. The van der Waals surface area contributed by atoms with Crippen molar-refractivity contribution in [3.63, 3.8) is 0 Å². The molecule has 2 aromatic rings. The number of nitrogens with zero attached hydrogens (tertiary/aromatic N) is 2. The SMILES string of the molecule is O=S(=O)([O-])c1cncc(S(=O)(=O)[O-])c1-c1c(S(=O)(=O)[O-])cncc1S(=O)(=O)[O-].[Ba+2].[Ba+2]. The molecule has 0 atom stereocenters. The molecule has 14 nitrogen and oxygen atoms in total. The molecule has 0 aliphatic carbocycles. The summed E-state index contributed by atoms with van der Waals surface area (Å²) in [6.07, 6.45) is 0.703. The third-order valence-corrected chi connectivity index (χ3v) is 6.47. The first kappa shape index (κ1) is 31.1. The minimum absolute atomic E-state index is 0. The zero-order chi connectivity index (χ0) is 21.7. The van der Waals surface area contributed by atoms with Gasteiger partial charge in [-0.2, -0.15) is 0 Å². The van der Waals surface area contributed by atoms with Crippen LogP contribution < -0.4 is 0 Å². The van der Waals surface area contributed by atoms with E-state index in [1.54, 1.807) is 0 Å². The largest absolute Gasteiger partial charge is 2.00 e. The predicted molar refractivity (Wildman–Crippen MR) is 90.8 cm³/mol. The van der Waals surface area contributed by atoms with E-state index >= 15 is 0 Å². The Bertz CT molecular complexity index is 1190. The summed E-state index contributed by atoms with van der Waals surface area (Å²) < 4.78 is 138. The minimum atomic E-state index is -5.72. The Labute approximate surface area is 251 Å². The van der Waals surface area contributed by atoms with Gasteiger partial charge in [-0.3, -0.25) is 9.97 Å². The van der Waals surface area contributed by atoms with Crippen LogP contribution >= 0.6 is 0 Å². The standard InChI is InChI=1S/C10H8N2O12S4.2Ba/c13-25(14,15)5-1-11-2-6(26(16,17)18)9(5)10-7(27(19,20)21)3-12-4-8(10)28(22,23)24;;/h1-4H,(H,13,14,15)(H,16,17,18)(H,19,20,21)(H,22,23,24);;/q;2*+2/p-4. The normalized spacial score (nSPS) is 12.5. The molecule has 0 N–H and O–H groups in total. The maximum Gasteiger partial charge on any atom is 2.00 e. The van der Waals surface area contributed by atoms with Crippen molar-refractivity contribution in [2.45, 2.75) is 19.6 Å². The number of aromatic nitrogens is 2. The predicted octanol–water partition coefficient (Wildman–Crippen LogP) is -3.00. The van der Waals surface area contributed by atoms with Gasteiger partial charge in [-0.05, 0) is 0 Å². The van der Waals surface area contributed by atoms with Crippen molar-refractivity contribution in [3.05, 3.63) is 24.8 Å². The second kappa shape index (κ2) is 10.6. The zero-order valence-electron chi connectivity index (χ0n) is 14.2. The molecule has 0 bridgehead atoms. The quantitative estimate of drug-likeness (QED) is 0.218. The first-order valence-electron chi connectivity index (χ1n) is 6.25. The molecule has 0 spiro atoms. The van der Waals surface area contributed by atoms with Gasteiger partial charge < -0.3 is 18.2 Å². The van der Waals surface area contributed by atoms with Crippen LogP contribution in [0.15, 0.2) is 44.4 Å². The molecule has 0 amide bonds. The fourth-order valence-electron chi connectivity index (χ4n) is 2.10. The molecule has 0 radical (unpaired) electrons. The molecule has 0 saturated heterocycles. The number of hydrogen-bond donors (Lipinski definition) is 0. The molecule has 0 aliphatic heterocycles. The van der Waals surface area contributed by atoms with Gasteiger partial charge in [0.05, 0.1) is 19.6 Å². The maximum absolute atomic E-state index is 11.5. The van der Waals surface area contributed by atoms with Gasteiger partial charge in [0.1, 0.15) is 40.5 Å². The third-order valence-electron chi connectivity index (χ3n) is 3.08. The van der Waals surface area contributed by atoms with Crippen molar-refractivity contribution in [2.75, 3.05) is 0 Å². The number of pyridine rings is 2. The summed E-state index contributed by atoms with van der Waals surface area (Å²) in [6, 6.07) is 0. The molecular weight excluding hydrogens is 743 g/mol. The smallest absolute Gasteiger partial charge is 0.744 e. The molecule has 0 aromatic carbocycles. The molecular formula is C10H4Ba2N2O12S4. The summed E-state index contributed by atoms with van der Waals surface area (Å²) in [7, 11) is -22.9. The van der Waals surface area contributed by atoms with E-state index in [1.165, 1.54) is 0 Å². The first-order valence-corrected chi connectivity index (χ1v) is 11.9. The van der Waals surface area contributed by atoms with Crippen LogP contribution in [0.25, 0.3) is 11.1 Å². The summed E-state index contributed by atoms with van der Waals surface area (Å²) >= 11 is 0. The van der Waals surface area contributed by atoms with Gasteiger partial charge in [-0.15, -0.1) is 0 Å². The molecule has 0 saturated carbocycles. The van der Waals surface area contributed by atoms with Gasteiger partial charge in [0.15, 0.2) is 0 Å². The summed E-state index contributed by atoms with van der Waals surface area (Å²) in [5.74, 6) is 0. The van der Waals surface area contributed by atoms with Gasteiger partial charge >= 0.3 is 97.8 Å². The molecule has 2 aromatic heterocycles. The Hall–Kier alpha value is 1.08. The molecule has 0 fully saturated rings. The van der Waals surface area contributed by atoms with Crippen molar-refractivity contribution < 1.29 is 51.9 Å². The van der Waals surface area contributed by atoms with Crippen LogP contribution in [0, 0.1) is 0 Å². The Kier molecular flexibility index (Phi) is 10.9. The molecule has 154 valence electrons. The Morgan fingerprint density at radius 3 is 0.767 bits per heavy atom. The average Bonchev–Trinajstić information content (AvgIpc) is 2.50. The van der Waals surface area contributed by atoms with Crippen LogP contribution in [0.2, 0.25) is 0 Å². The summed E-state index contributed by atoms with van der Waals surface area (Å²) in [4.78, 5) is -0.530. The maximum atomic E-state index is 11.5. The monoisotopic (exact) mass is 748 g/mol. The van der Waals surface area contributed by atoms with E-state index in [0.29, 0.717) is 0 Å². The third kappa shape index (κ3) is 7.04. The first-order chi connectivity index (χ1) is 12.5. The van der Waals surface area contributed by atoms with Crippen molar-refractivity contribution in [1.82, 2.24) is 9.97 Å². The van der Waals surface area contributed by atoms with Crippen molar-refractivity contribution >= 4 is 138 Å². The topological polar surface area (TPSA) is 255 Å². The number of rotatable bonds is 5. The second-order valence-electron chi connectivity index (χ2n) is 4.84.